The Hall–Kier alpha value is -3.53. The summed E-state index contributed by atoms with van der Waals surface area (Å²) in [7, 11) is 0. The van der Waals surface area contributed by atoms with Gasteiger partial charge in [0, 0.05) is 22.4 Å². The number of carboxylic acids is 1. The second-order valence-electron chi connectivity index (χ2n) is 5.84. The third-order valence-electron chi connectivity index (χ3n) is 4.20. The van der Waals surface area contributed by atoms with E-state index in [9.17, 15) is 15.0 Å². The summed E-state index contributed by atoms with van der Waals surface area (Å²) in [5.74, 6) is 0.151. The zero-order valence-corrected chi connectivity index (χ0v) is 13.2. The van der Waals surface area contributed by atoms with E-state index < -0.39 is 5.97 Å². The molecule has 0 amide bonds. The van der Waals surface area contributed by atoms with Gasteiger partial charge in [0.2, 0.25) is 0 Å². The normalized spacial score (nSPS) is 12.1. The summed E-state index contributed by atoms with van der Waals surface area (Å²) in [6, 6.07) is 17.2. The molecule has 0 atom stereocenters. The highest BCUT2D eigenvalue weighted by Crippen LogP contribution is 2.38. The summed E-state index contributed by atoms with van der Waals surface area (Å²) in [6.45, 7) is 3.91. The maximum Gasteiger partial charge on any atom is 0.336 e. The van der Waals surface area contributed by atoms with E-state index in [1.807, 2.05) is 12.1 Å². The van der Waals surface area contributed by atoms with Gasteiger partial charge in [-0.25, -0.2) is 4.79 Å². The average molecular weight is 330 g/mol. The van der Waals surface area contributed by atoms with Crippen molar-refractivity contribution in [3.63, 3.8) is 0 Å². The molecule has 0 aromatic heterocycles. The van der Waals surface area contributed by atoms with Crippen molar-refractivity contribution in [1.29, 1.82) is 0 Å². The highest BCUT2D eigenvalue weighted by molar-refractivity contribution is 5.98. The van der Waals surface area contributed by atoms with Crippen molar-refractivity contribution >= 4 is 18.1 Å². The molecule has 4 nitrogen and oxygen atoms in total. The van der Waals surface area contributed by atoms with Crippen molar-refractivity contribution in [3.05, 3.63) is 87.8 Å². The summed E-state index contributed by atoms with van der Waals surface area (Å²) < 4.78 is 5.92. The van der Waals surface area contributed by atoms with Crippen molar-refractivity contribution in [2.45, 2.75) is 0 Å². The number of hydrogen-bond donors (Lipinski definition) is 2. The first kappa shape index (κ1) is 15.0. The van der Waals surface area contributed by atoms with Crippen LogP contribution in [0.3, 0.4) is 0 Å². The number of hydrogen-bond acceptors (Lipinski definition) is 3. The predicted octanol–water partition coefficient (Wildman–Crippen LogP) is 2.85. The fourth-order valence-corrected chi connectivity index (χ4v) is 3.10. The maximum atomic E-state index is 11.7. The third-order valence-corrected chi connectivity index (χ3v) is 4.20. The van der Waals surface area contributed by atoms with Crippen LogP contribution in [-0.4, -0.2) is 16.2 Å². The van der Waals surface area contributed by atoms with Gasteiger partial charge in [0.1, 0.15) is 17.2 Å². The van der Waals surface area contributed by atoms with Gasteiger partial charge >= 0.3 is 5.97 Å². The molecule has 122 valence electrons. The van der Waals surface area contributed by atoms with Gasteiger partial charge in [-0.2, -0.15) is 0 Å². The fourth-order valence-electron chi connectivity index (χ4n) is 3.10. The molecule has 1 aliphatic rings. The summed E-state index contributed by atoms with van der Waals surface area (Å²) in [6.07, 6.45) is 0. The molecular weight excluding hydrogens is 316 g/mol. The van der Waals surface area contributed by atoms with Gasteiger partial charge in [-0.05, 0) is 35.0 Å². The van der Waals surface area contributed by atoms with Crippen LogP contribution in [0, 0.1) is 0 Å². The molecule has 0 bridgehead atoms. The predicted molar refractivity (Wildman–Crippen MR) is 94.4 cm³/mol. The highest BCUT2D eigenvalue weighted by atomic mass is 16.5. The second-order valence-corrected chi connectivity index (χ2v) is 5.84. The first-order valence-corrected chi connectivity index (χ1v) is 7.72. The van der Waals surface area contributed by atoms with E-state index in [0.717, 1.165) is 21.6 Å². The van der Waals surface area contributed by atoms with Crippen molar-refractivity contribution in [2.24, 2.45) is 0 Å². The van der Waals surface area contributed by atoms with Crippen LogP contribution in [0.15, 0.2) is 60.7 Å². The highest BCUT2D eigenvalue weighted by Gasteiger charge is 2.23. The lowest BCUT2D eigenvalue weighted by Gasteiger charge is -2.22. The number of phenolic OH excluding ortho intramolecular Hbond substituents is 1. The molecular formula is C21H14O4. The van der Waals surface area contributed by atoms with Crippen LogP contribution >= 0.6 is 0 Å². The Bertz CT molecular complexity index is 1130. The van der Waals surface area contributed by atoms with E-state index in [2.05, 4.69) is 6.58 Å². The van der Waals surface area contributed by atoms with E-state index in [-0.39, 0.29) is 11.3 Å². The molecule has 0 unspecified atom stereocenters. The largest absolute Gasteiger partial charge is 0.508 e. The molecule has 4 heteroatoms. The Kier molecular flexibility index (Phi) is 3.32. The molecule has 1 aliphatic heterocycles. The lowest BCUT2D eigenvalue weighted by Crippen LogP contribution is -2.20. The molecule has 25 heavy (non-hydrogen) atoms. The number of carbonyl (C=O) groups is 1. The van der Waals surface area contributed by atoms with E-state index in [4.69, 9.17) is 4.74 Å². The van der Waals surface area contributed by atoms with Gasteiger partial charge in [-0.1, -0.05) is 36.9 Å². The monoisotopic (exact) mass is 330 g/mol. The van der Waals surface area contributed by atoms with Crippen molar-refractivity contribution in [3.8, 4) is 17.2 Å². The number of benzene rings is 3. The second kappa shape index (κ2) is 5.53. The van der Waals surface area contributed by atoms with Crippen LogP contribution in [0.2, 0.25) is 0 Å². The van der Waals surface area contributed by atoms with Crippen LogP contribution in [-0.2, 0) is 0 Å². The minimum Gasteiger partial charge on any atom is -0.508 e. The quantitative estimate of drug-likeness (QED) is 0.593. The number of carboxylic acid groups (broad SMARTS) is 1. The first-order valence-electron chi connectivity index (χ1n) is 7.72. The van der Waals surface area contributed by atoms with Crippen molar-refractivity contribution in [2.75, 3.05) is 0 Å². The Labute approximate surface area is 143 Å². The molecule has 0 spiro atoms. The lowest BCUT2D eigenvalue weighted by atomic mass is 9.89. The average Bonchev–Trinajstić information content (AvgIpc) is 2.59. The Morgan fingerprint density at radius 1 is 0.920 bits per heavy atom. The fraction of sp³-hybridized carbons (Fsp3) is 0. The van der Waals surface area contributed by atoms with E-state index in [1.54, 1.807) is 42.5 Å². The molecule has 1 heterocycles. The van der Waals surface area contributed by atoms with E-state index >= 15 is 0 Å². The standard InChI is InChI=1S/C21H14O4/c1-12-6-8-16-18(10-12)25-19-11-13(22)7-9-17(19)20(16)14-4-2-3-5-15(14)21(23)24/h2-11,22H,1H2,(H,23,24). The topological polar surface area (TPSA) is 66.8 Å². The SMILES string of the molecule is C=c1ccc2c(c1)Oc1cc(O)ccc1C=2c1ccccc1C(=O)O. The van der Waals surface area contributed by atoms with Crippen LogP contribution in [0.5, 0.6) is 17.2 Å². The summed E-state index contributed by atoms with van der Waals surface area (Å²) in [5.41, 5.74) is 2.30. The summed E-state index contributed by atoms with van der Waals surface area (Å²) >= 11 is 0. The van der Waals surface area contributed by atoms with Crippen molar-refractivity contribution in [1.82, 2.24) is 0 Å². The van der Waals surface area contributed by atoms with Gasteiger partial charge in [0.15, 0.2) is 0 Å². The zero-order chi connectivity index (χ0) is 17.6. The number of rotatable bonds is 2. The van der Waals surface area contributed by atoms with Gasteiger partial charge in [0.25, 0.3) is 0 Å². The van der Waals surface area contributed by atoms with Crippen LogP contribution in [0.1, 0.15) is 21.5 Å². The van der Waals surface area contributed by atoms with Gasteiger partial charge in [-0.3, -0.25) is 0 Å². The molecule has 0 saturated heterocycles. The molecule has 0 saturated carbocycles. The Morgan fingerprint density at radius 3 is 2.52 bits per heavy atom. The van der Waals surface area contributed by atoms with Gasteiger partial charge in [0.05, 0.1) is 5.56 Å². The minimum absolute atomic E-state index is 0.0823. The van der Waals surface area contributed by atoms with Crippen LogP contribution in [0.25, 0.3) is 12.2 Å². The Balaban J connectivity index is 2.16. The zero-order valence-electron chi connectivity index (χ0n) is 13.2. The van der Waals surface area contributed by atoms with Crippen LogP contribution in [0.4, 0.5) is 0 Å². The van der Waals surface area contributed by atoms with E-state index in [1.165, 1.54) is 6.07 Å². The Morgan fingerprint density at radius 2 is 1.72 bits per heavy atom. The molecule has 2 N–H and O–H groups in total. The van der Waals surface area contributed by atoms with Crippen LogP contribution < -0.4 is 15.2 Å². The van der Waals surface area contributed by atoms with Gasteiger partial charge < -0.3 is 14.9 Å². The van der Waals surface area contributed by atoms with Crippen molar-refractivity contribution < 1.29 is 19.7 Å². The first-order chi connectivity index (χ1) is 12.0. The smallest absolute Gasteiger partial charge is 0.336 e. The maximum absolute atomic E-state index is 11.7. The number of aromatic carboxylic acids is 1. The summed E-state index contributed by atoms with van der Waals surface area (Å²) in [5, 5.41) is 21.0. The third kappa shape index (κ3) is 2.44. The molecule has 0 aliphatic carbocycles. The lowest BCUT2D eigenvalue weighted by molar-refractivity contribution is 0.0696. The molecule has 0 fully saturated rings. The molecule has 3 aromatic carbocycles. The molecule has 0 radical (unpaired) electrons. The molecule has 3 aromatic rings. The number of aromatic hydroxyl groups is 1. The number of phenols is 1. The van der Waals surface area contributed by atoms with E-state index in [0.29, 0.717) is 17.1 Å². The minimum atomic E-state index is -0.995. The summed E-state index contributed by atoms with van der Waals surface area (Å²) in [4.78, 5) is 11.7. The van der Waals surface area contributed by atoms with Gasteiger partial charge in [-0.15, -0.1) is 0 Å². The number of ether oxygens (including phenoxy) is 1. The molecule has 4 rings (SSSR count). The number of fused-ring (bicyclic) bond motifs is 2.